The van der Waals surface area contributed by atoms with Crippen molar-refractivity contribution < 1.29 is 9.53 Å². The van der Waals surface area contributed by atoms with Gasteiger partial charge in [0.05, 0.1) is 12.3 Å². The monoisotopic (exact) mass is 398 g/mol. The molecule has 28 heavy (non-hydrogen) atoms. The van der Waals surface area contributed by atoms with Gasteiger partial charge in [-0.05, 0) is 38.7 Å². The average Bonchev–Trinajstić information content (AvgIpc) is 3.32. The Morgan fingerprint density at radius 3 is 3.07 bits per heavy atom. The maximum atomic E-state index is 12.4. The van der Waals surface area contributed by atoms with Crippen molar-refractivity contribution in [2.75, 3.05) is 39.1 Å². The van der Waals surface area contributed by atoms with Crippen molar-refractivity contribution in [3.8, 4) is 5.75 Å². The van der Waals surface area contributed by atoms with E-state index in [1.807, 2.05) is 26.2 Å². The zero-order valence-electron chi connectivity index (χ0n) is 15.9. The molecule has 0 aliphatic carbocycles. The van der Waals surface area contributed by atoms with Gasteiger partial charge in [-0.3, -0.25) is 4.79 Å². The van der Waals surface area contributed by atoms with Gasteiger partial charge in [-0.15, -0.1) is 0 Å². The van der Waals surface area contributed by atoms with Crippen LogP contribution in [0.1, 0.15) is 21.8 Å². The maximum Gasteiger partial charge on any atom is 0.280 e. The number of rotatable bonds is 7. The first-order valence-electron chi connectivity index (χ1n) is 9.18. The number of nitrogens with zero attached hydrogens (tertiary/aromatic N) is 4. The SMILES string of the molecule is CN(C)CCCNC(=O)c1nc2c(Nc3cccc4c3OCC4)ncnc2s1. The molecule has 1 aliphatic rings. The minimum atomic E-state index is -0.184. The maximum absolute atomic E-state index is 12.4. The minimum Gasteiger partial charge on any atom is -0.491 e. The number of ether oxygens (including phenoxy) is 1. The summed E-state index contributed by atoms with van der Waals surface area (Å²) in [6.07, 6.45) is 3.26. The molecule has 0 radical (unpaired) electrons. The summed E-state index contributed by atoms with van der Waals surface area (Å²) in [5.74, 6) is 1.23. The first kappa shape index (κ1) is 18.6. The van der Waals surface area contributed by atoms with Gasteiger partial charge >= 0.3 is 0 Å². The molecule has 2 N–H and O–H groups in total. The van der Waals surface area contributed by atoms with Gasteiger partial charge in [-0.2, -0.15) is 0 Å². The van der Waals surface area contributed by atoms with E-state index < -0.39 is 0 Å². The highest BCUT2D eigenvalue weighted by atomic mass is 32.1. The summed E-state index contributed by atoms with van der Waals surface area (Å²) in [5, 5.41) is 6.59. The standard InChI is InChI=1S/C19H22N6O2S/c1-25(2)9-4-8-20-17(26)19-24-14-16(21-11-22-18(14)28-19)23-13-6-3-5-12-7-10-27-15(12)13/h3,5-6,11H,4,7-10H2,1-2H3,(H,20,26)(H,21,22,23). The number of carbonyl (C=O) groups is 1. The molecule has 1 amide bonds. The third kappa shape index (κ3) is 3.90. The van der Waals surface area contributed by atoms with Crippen LogP contribution in [0.3, 0.4) is 0 Å². The van der Waals surface area contributed by atoms with Crippen LogP contribution >= 0.6 is 11.3 Å². The lowest BCUT2D eigenvalue weighted by atomic mass is 10.1. The number of anilines is 2. The van der Waals surface area contributed by atoms with Crippen molar-refractivity contribution in [3.63, 3.8) is 0 Å². The number of amides is 1. The predicted molar refractivity (Wildman–Crippen MR) is 110 cm³/mol. The zero-order chi connectivity index (χ0) is 19.5. The van der Waals surface area contributed by atoms with E-state index in [1.165, 1.54) is 23.2 Å². The highest BCUT2D eigenvalue weighted by Gasteiger charge is 2.19. The molecule has 2 aromatic heterocycles. The van der Waals surface area contributed by atoms with E-state index in [9.17, 15) is 4.79 Å². The molecular weight excluding hydrogens is 376 g/mol. The van der Waals surface area contributed by atoms with Gasteiger partial charge in [-0.25, -0.2) is 15.0 Å². The fraction of sp³-hybridized carbons (Fsp3) is 0.368. The van der Waals surface area contributed by atoms with Gasteiger partial charge in [0, 0.05) is 13.0 Å². The Morgan fingerprint density at radius 1 is 1.32 bits per heavy atom. The quantitative estimate of drug-likeness (QED) is 0.591. The number of para-hydroxylation sites is 1. The first-order chi connectivity index (χ1) is 13.6. The van der Waals surface area contributed by atoms with Gasteiger partial charge < -0.3 is 20.3 Å². The fourth-order valence-electron chi connectivity index (χ4n) is 3.06. The predicted octanol–water partition coefficient (Wildman–Crippen LogP) is 2.45. The molecule has 1 aromatic carbocycles. The number of aromatic nitrogens is 3. The van der Waals surface area contributed by atoms with Crippen molar-refractivity contribution in [2.45, 2.75) is 12.8 Å². The Balaban J connectivity index is 1.53. The van der Waals surface area contributed by atoms with Crippen LogP contribution < -0.4 is 15.4 Å². The lowest BCUT2D eigenvalue weighted by Gasteiger charge is -2.10. The Hall–Kier alpha value is -2.78. The second kappa shape index (κ2) is 8.07. The molecule has 0 saturated carbocycles. The normalized spacial score (nSPS) is 12.8. The topological polar surface area (TPSA) is 92.3 Å². The van der Waals surface area contributed by atoms with Crippen molar-refractivity contribution in [3.05, 3.63) is 35.1 Å². The molecule has 0 saturated heterocycles. The van der Waals surface area contributed by atoms with Crippen LogP contribution in [-0.2, 0) is 6.42 Å². The zero-order valence-corrected chi connectivity index (χ0v) is 16.7. The number of benzene rings is 1. The van der Waals surface area contributed by atoms with Gasteiger partial charge in [0.2, 0.25) is 0 Å². The number of fused-ring (bicyclic) bond motifs is 2. The summed E-state index contributed by atoms with van der Waals surface area (Å²) < 4.78 is 5.74. The highest BCUT2D eigenvalue weighted by Crippen LogP contribution is 2.36. The van der Waals surface area contributed by atoms with Crippen molar-refractivity contribution in [1.82, 2.24) is 25.2 Å². The van der Waals surface area contributed by atoms with Crippen LogP contribution in [0.2, 0.25) is 0 Å². The second-order valence-corrected chi connectivity index (χ2v) is 7.80. The molecule has 0 atom stereocenters. The van der Waals surface area contributed by atoms with Gasteiger partial charge in [0.15, 0.2) is 10.8 Å². The lowest BCUT2D eigenvalue weighted by molar-refractivity contribution is 0.0952. The Labute approximate surface area is 167 Å². The van der Waals surface area contributed by atoms with Gasteiger partial charge in [0.25, 0.3) is 5.91 Å². The molecule has 1 aliphatic heterocycles. The summed E-state index contributed by atoms with van der Waals surface area (Å²) in [6, 6.07) is 6.00. The highest BCUT2D eigenvalue weighted by molar-refractivity contribution is 7.19. The van der Waals surface area contributed by atoms with Crippen molar-refractivity contribution in [2.24, 2.45) is 0 Å². The Morgan fingerprint density at radius 2 is 2.21 bits per heavy atom. The van der Waals surface area contributed by atoms with Gasteiger partial charge in [-0.1, -0.05) is 23.5 Å². The van der Waals surface area contributed by atoms with E-state index in [0.29, 0.717) is 34.3 Å². The molecule has 9 heteroatoms. The van der Waals surface area contributed by atoms with E-state index in [4.69, 9.17) is 4.74 Å². The number of hydrogen-bond donors (Lipinski definition) is 2. The molecule has 0 unspecified atom stereocenters. The Kier molecular flexibility index (Phi) is 5.36. The number of nitrogens with one attached hydrogen (secondary N) is 2. The van der Waals surface area contributed by atoms with E-state index in [-0.39, 0.29) is 5.91 Å². The van der Waals surface area contributed by atoms with Crippen LogP contribution in [0.25, 0.3) is 10.3 Å². The molecule has 8 nitrogen and oxygen atoms in total. The minimum absolute atomic E-state index is 0.184. The summed E-state index contributed by atoms with van der Waals surface area (Å²) >= 11 is 1.26. The number of thiazole rings is 1. The summed E-state index contributed by atoms with van der Waals surface area (Å²) in [4.78, 5) is 28.2. The van der Waals surface area contributed by atoms with E-state index >= 15 is 0 Å². The number of carbonyl (C=O) groups excluding carboxylic acids is 1. The molecule has 146 valence electrons. The van der Waals surface area contributed by atoms with E-state index in [2.05, 4.69) is 36.6 Å². The van der Waals surface area contributed by atoms with Crippen LogP contribution in [0, 0.1) is 0 Å². The summed E-state index contributed by atoms with van der Waals surface area (Å²) in [5.41, 5.74) is 2.60. The van der Waals surface area contributed by atoms with Crippen molar-refractivity contribution in [1.29, 1.82) is 0 Å². The van der Waals surface area contributed by atoms with Crippen molar-refractivity contribution >= 4 is 39.1 Å². The smallest absolute Gasteiger partial charge is 0.280 e. The van der Waals surface area contributed by atoms with Gasteiger partial charge in [0.1, 0.15) is 22.4 Å². The molecule has 0 fully saturated rings. The summed E-state index contributed by atoms with van der Waals surface area (Å²) in [6.45, 7) is 2.21. The molecule has 3 aromatic rings. The Bertz CT molecular complexity index is 1000. The largest absolute Gasteiger partial charge is 0.491 e. The fourth-order valence-corrected chi connectivity index (χ4v) is 3.88. The van der Waals surface area contributed by atoms with Crippen LogP contribution in [0.5, 0.6) is 5.75 Å². The molecular formula is C19H22N6O2S. The third-order valence-corrected chi connectivity index (χ3v) is 5.39. The molecule has 3 heterocycles. The summed E-state index contributed by atoms with van der Waals surface area (Å²) in [7, 11) is 4.02. The van der Waals surface area contributed by atoms with Crippen LogP contribution in [0.4, 0.5) is 11.5 Å². The van der Waals surface area contributed by atoms with E-state index in [0.717, 1.165) is 30.8 Å². The first-order valence-corrected chi connectivity index (χ1v) is 9.99. The number of hydrogen-bond acceptors (Lipinski definition) is 8. The molecule has 4 rings (SSSR count). The van der Waals surface area contributed by atoms with Crippen LogP contribution in [-0.4, -0.2) is 59.6 Å². The van der Waals surface area contributed by atoms with E-state index in [1.54, 1.807) is 0 Å². The molecule has 0 spiro atoms. The average molecular weight is 398 g/mol. The van der Waals surface area contributed by atoms with Crippen LogP contribution in [0.15, 0.2) is 24.5 Å². The lowest BCUT2D eigenvalue weighted by Crippen LogP contribution is -2.26. The third-order valence-electron chi connectivity index (χ3n) is 4.42. The molecule has 0 bridgehead atoms. The second-order valence-electron chi connectivity index (χ2n) is 6.83.